The molecular formula is C21H18N4OS. The molecule has 0 aliphatic rings. The molecule has 2 aromatic heterocycles. The van der Waals surface area contributed by atoms with Gasteiger partial charge in [-0.25, -0.2) is 0 Å². The zero-order valence-electron chi connectivity index (χ0n) is 14.8. The molecule has 5 nitrogen and oxygen atoms in total. The van der Waals surface area contributed by atoms with E-state index in [-0.39, 0.29) is 0 Å². The molecule has 2 heterocycles. The summed E-state index contributed by atoms with van der Waals surface area (Å²) in [4.78, 5) is 4.10. The number of nitrogens with zero attached hydrogens (tertiary/aromatic N) is 4. The van der Waals surface area contributed by atoms with Gasteiger partial charge in [-0.2, -0.15) is 0 Å². The van der Waals surface area contributed by atoms with Crippen LogP contribution in [0.5, 0.6) is 5.75 Å². The van der Waals surface area contributed by atoms with Crippen molar-refractivity contribution in [1.82, 2.24) is 19.7 Å². The molecule has 0 spiro atoms. The fourth-order valence-corrected chi connectivity index (χ4v) is 3.67. The first-order valence-electron chi connectivity index (χ1n) is 8.52. The van der Waals surface area contributed by atoms with Gasteiger partial charge in [-0.05, 0) is 42.0 Å². The van der Waals surface area contributed by atoms with Crippen LogP contribution in [0.25, 0.3) is 17.1 Å². The van der Waals surface area contributed by atoms with Crippen molar-refractivity contribution in [2.45, 2.75) is 10.9 Å². The highest BCUT2D eigenvalue weighted by Gasteiger charge is 2.16. The highest BCUT2D eigenvalue weighted by atomic mass is 32.2. The van der Waals surface area contributed by atoms with E-state index < -0.39 is 0 Å². The Morgan fingerprint density at radius 1 is 0.926 bits per heavy atom. The van der Waals surface area contributed by atoms with Crippen molar-refractivity contribution >= 4 is 11.8 Å². The molecule has 0 bridgehead atoms. The van der Waals surface area contributed by atoms with Crippen LogP contribution >= 0.6 is 11.8 Å². The zero-order chi connectivity index (χ0) is 18.5. The lowest BCUT2D eigenvalue weighted by atomic mass is 10.2. The second-order valence-electron chi connectivity index (χ2n) is 5.85. The van der Waals surface area contributed by atoms with E-state index in [0.717, 1.165) is 33.7 Å². The van der Waals surface area contributed by atoms with Crippen molar-refractivity contribution in [3.8, 4) is 22.8 Å². The van der Waals surface area contributed by atoms with E-state index in [1.807, 2.05) is 48.5 Å². The summed E-state index contributed by atoms with van der Waals surface area (Å²) in [5.74, 6) is 2.44. The maximum atomic E-state index is 5.31. The summed E-state index contributed by atoms with van der Waals surface area (Å²) in [6, 6.07) is 22.1. The molecule has 4 rings (SSSR count). The summed E-state index contributed by atoms with van der Waals surface area (Å²) in [6.45, 7) is 0. The van der Waals surface area contributed by atoms with Crippen LogP contribution in [0.1, 0.15) is 5.56 Å². The van der Waals surface area contributed by atoms with Crippen molar-refractivity contribution in [1.29, 1.82) is 0 Å². The molecule has 0 atom stereocenters. The Morgan fingerprint density at radius 2 is 1.74 bits per heavy atom. The second kappa shape index (κ2) is 8.05. The van der Waals surface area contributed by atoms with Crippen LogP contribution in [0.2, 0.25) is 0 Å². The van der Waals surface area contributed by atoms with E-state index in [1.165, 1.54) is 5.56 Å². The summed E-state index contributed by atoms with van der Waals surface area (Å²) in [5.41, 5.74) is 3.18. The predicted octanol–water partition coefficient (Wildman–Crippen LogP) is 4.63. The van der Waals surface area contributed by atoms with E-state index in [2.05, 4.69) is 37.9 Å². The lowest BCUT2D eigenvalue weighted by Crippen LogP contribution is -1.99. The molecule has 0 aliphatic carbocycles. The third-order valence-corrected chi connectivity index (χ3v) is 5.09. The van der Waals surface area contributed by atoms with E-state index in [0.29, 0.717) is 0 Å². The summed E-state index contributed by atoms with van der Waals surface area (Å²) in [7, 11) is 1.68. The summed E-state index contributed by atoms with van der Waals surface area (Å²) < 4.78 is 7.40. The summed E-state index contributed by atoms with van der Waals surface area (Å²) >= 11 is 1.65. The fourth-order valence-electron chi connectivity index (χ4n) is 2.77. The molecule has 0 saturated carbocycles. The van der Waals surface area contributed by atoms with Gasteiger partial charge in [-0.3, -0.25) is 9.55 Å². The third kappa shape index (κ3) is 3.85. The van der Waals surface area contributed by atoms with E-state index in [1.54, 1.807) is 31.3 Å². The van der Waals surface area contributed by atoms with Gasteiger partial charge >= 0.3 is 0 Å². The molecule has 4 aromatic rings. The van der Waals surface area contributed by atoms with Gasteiger partial charge in [-0.1, -0.05) is 42.1 Å². The number of thioether (sulfide) groups is 1. The van der Waals surface area contributed by atoms with E-state index >= 15 is 0 Å². The third-order valence-electron chi connectivity index (χ3n) is 4.09. The lowest BCUT2D eigenvalue weighted by molar-refractivity contribution is 0.414. The molecule has 0 amide bonds. The smallest absolute Gasteiger partial charge is 0.196 e. The van der Waals surface area contributed by atoms with Crippen LogP contribution in [0, 0.1) is 0 Å². The SMILES string of the molecule is COc1cccc(CSc2nnc(-c3ccncc3)n2-c2ccccc2)c1. The van der Waals surface area contributed by atoms with Gasteiger partial charge in [0.1, 0.15) is 5.75 Å². The van der Waals surface area contributed by atoms with Crippen molar-refractivity contribution in [3.05, 3.63) is 84.7 Å². The Morgan fingerprint density at radius 3 is 2.52 bits per heavy atom. The molecule has 134 valence electrons. The van der Waals surface area contributed by atoms with Crippen LogP contribution in [0.15, 0.2) is 84.3 Å². The molecule has 0 fully saturated rings. The maximum absolute atomic E-state index is 5.31. The molecule has 0 N–H and O–H groups in total. The number of benzene rings is 2. The first kappa shape index (κ1) is 17.3. The first-order valence-corrected chi connectivity index (χ1v) is 9.50. The van der Waals surface area contributed by atoms with Gasteiger partial charge in [0.15, 0.2) is 11.0 Å². The fraction of sp³-hybridized carbons (Fsp3) is 0.0952. The van der Waals surface area contributed by atoms with Gasteiger partial charge < -0.3 is 4.74 Å². The van der Waals surface area contributed by atoms with Gasteiger partial charge in [0, 0.05) is 29.4 Å². The van der Waals surface area contributed by atoms with Gasteiger partial charge in [-0.15, -0.1) is 10.2 Å². The van der Waals surface area contributed by atoms with Crippen molar-refractivity contribution in [2.24, 2.45) is 0 Å². The Kier molecular flexibility index (Phi) is 5.16. The molecule has 6 heteroatoms. The number of para-hydroxylation sites is 1. The largest absolute Gasteiger partial charge is 0.497 e. The molecule has 0 unspecified atom stereocenters. The predicted molar refractivity (Wildman–Crippen MR) is 107 cm³/mol. The van der Waals surface area contributed by atoms with Gasteiger partial charge in [0.2, 0.25) is 0 Å². The Balaban J connectivity index is 1.69. The molecule has 0 aliphatic heterocycles. The molecular weight excluding hydrogens is 356 g/mol. The number of hydrogen-bond acceptors (Lipinski definition) is 5. The lowest BCUT2D eigenvalue weighted by Gasteiger charge is -2.10. The van der Waals surface area contributed by atoms with Crippen molar-refractivity contribution in [3.63, 3.8) is 0 Å². The molecule has 2 aromatic carbocycles. The topological polar surface area (TPSA) is 52.8 Å². The average Bonchev–Trinajstić information content (AvgIpc) is 3.17. The maximum Gasteiger partial charge on any atom is 0.196 e. The highest BCUT2D eigenvalue weighted by Crippen LogP contribution is 2.30. The standard InChI is InChI=1S/C21H18N4OS/c1-26-19-9-5-6-16(14-19)15-27-21-24-23-20(17-10-12-22-13-11-17)25(21)18-7-3-2-4-8-18/h2-14H,15H2,1H3. The van der Waals surface area contributed by atoms with Crippen LogP contribution in [0.3, 0.4) is 0 Å². The van der Waals surface area contributed by atoms with Crippen LogP contribution < -0.4 is 4.74 Å². The summed E-state index contributed by atoms with van der Waals surface area (Å²) in [5, 5.41) is 9.74. The summed E-state index contributed by atoms with van der Waals surface area (Å²) in [6.07, 6.45) is 3.53. The minimum Gasteiger partial charge on any atom is -0.497 e. The minimum atomic E-state index is 0.776. The van der Waals surface area contributed by atoms with Crippen LogP contribution in [-0.4, -0.2) is 26.9 Å². The van der Waals surface area contributed by atoms with Crippen LogP contribution in [-0.2, 0) is 5.75 Å². The number of methoxy groups -OCH3 is 1. The van der Waals surface area contributed by atoms with E-state index in [9.17, 15) is 0 Å². The highest BCUT2D eigenvalue weighted by molar-refractivity contribution is 7.98. The van der Waals surface area contributed by atoms with Gasteiger partial charge in [0.25, 0.3) is 0 Å². The Bertz CT molecular complexity index is 1020. The second-order valence-corrected chi connectivity index (χ2v) is 6.80. The minimum absolute atomic E-state index is 0.776. The van der Waals surface area contributed by atoms with Crippen molar-refractivity contribution < 1.29 is 4.74 Å². The Hall–Kier alpha value is -3.12. The normalized spacial score (nSPS) is 10.7. The van der Waals surface area contributed by atoms with E-state index in [4.69, 9.17) is 4.74 Å². The molecule has 0 saturated heterocycles. The number of ether oxygens (including phenoxy) is 1. The number of pyridine rings is 1. The number of aromatic nitrogens is 4. The van der Waals surface area contributed by atoms with Gasteiger partial charge in [0.05, 0.1) is 7.11 Å². The molecule has 27 heavy (non-hydrogen) atoms. The Labute approximate surface area is 162 Å². The number of hydrogen-bond donors (Lipinski definition) is 0. The quantitative estimate of drug-likeness (QED) is 0.461. The monoisotopic (exact) mass is 374 g/mol. The zero-order valence-corrected chi connectivity index (χ0v) is 15.6. The van der Waals surface area contributed by atoms with Crippen molar-refractivity contribution in [2.75, 3.05) is 7.11 Å². The van der Waals surface area contributed by atoms with Crippen LogP contribution in [0.4, 0.5) is 0 Å². The average molecular weight is 374 g/mol. The number of rotatable bonds is 6. The molecule has 0 radical (unpaired) electrons. The first-order chi connectivity index (χ1) is 13.3.